The fraction of sp³-hybridized carbons (Fsp3) is 0.375. The van der Waals surface area contributed by atoms with Crippen molar-refractivity contribution in [1.82, 2.24) is 9.88 Å². The van der Waals surface area contributed by atoms with Crippen LogP contribution in [0.25, 0.3) is 0 Å². The number of pyridine rings is 1. The van der Waals surface area contributed by atoms with Gasteiger partial charge in [-0.2, -0.15) is 0 Å². The summed E-state index contributed by atoms with van der Waals surface area (Å²) < 4.78 is 5.72. The van der Waals surface area contributed by atoms with E-state index in [1.54, 1.807) is 6.26 Å². The molecular weight excluding hydrogens is 282 g/mol. The summed E-state index contributed by atoms with van der Waals surface area (Å²) in [6, 6.07) is 10.7. The van der Waals surface area contributed by atoms with Crippen LogP contribution in [-0.2, 0) is 0 Å². The van der Waals surface area contributed by atoms with Crippen LogP contribution >= 0.6 is 11.8 Å². The van der Waals surface area contributed by atoms with Crippen LogP contribution in [0.3, 0.4) is 0 Å². The van der Waals surface area contributed by atoms with Crippen LogP contribution in [0.15, 0.2) is 52.2 Å². The van der Waals surface area contributed by atoms with Gasteiger partial charge in [0.1, 0.15) is 17.8 Å². The molecule has 0 amide bonds. The smallest absolute Gasteiger partial charge is 0.161 e. The molecule has 108 valence electrons. The second kappa shape index (κ2) is 5.22. The lowest BCUT2D eigenvalue weighted by atomic mass is 10.0. The summed E-state index contributed by atoms with van der Waals surface area (Å²) in [5, 5.41) is 1.14. The van der Waals surface area contributed by atoms with Gasteiger partial charge in [0.25, 0.3) is 0 Å². The molecule has 5 heteroatoms. The van der Waals surface area contributed by atoms with Crippen molar-refractivity contribution in [2.75, 3.05) is 5.75 Å². The Balaban J connectivity index is 1.78. The highest BCUT2D eigenvalue weighted by atomic mass is 32.2. The second-order valence-corrected chi connectivity index (χ2v) is 6.34. The zero-order valence-corrected chi connectivity index (χ0v) is 12.7. The summed E-state index contributed by atoms with van der Waals surface area (Å²) in [4.78, 5) is 11.9. The van der Waals surface area contributed by atoms with E-state index >= 15 is 0 Å². The van der Waals surface area contributed by atoms with E-state index in [-0.39, 0.29) is 12.1 Å². The van der Waals surface area contributed by atoms with Gasteiger partial charge in [-0.3, -0.25) is 4.98 Å². The van der Waals surface area contributed by atoms with Crippen molar-refractivity contribution in [3.8, 4) is 0 Å². The van der Waals surface area contributed by atoms with E-state index in [4.69, 9.17) is 9.41 Å². The topological polar surface area (TPSA) is 41.6 Å². The van der Waals surface area contributed by atoms with Crippen molar-refractivity contribution in [3.05, 3.63) is 54.2 Å². The highest BCUT2D eigenvalue weighted by molar-refractivity contribution is 8.14. The third-order valence-electron chi connectivity index (χ3n) is 4.16. The average Bonchev–Trinajstić information content (AvgIpc) is 3.23. The third kappa shape index (κ3) is 2.07. The van der Waals surface area contributed by atoms with Crippen LogP contribution in [0.1, 0.15) is 36.9 Å². The number of thioether (sulfide) groups is 1. The van der Waals surface area contributed by atoms with Crippen molar-refractivity contribution in [3.63, 3.8) is 0 Å². The molecule has 2 aromatic rings. The molecule has 0 bridgehead atoms. The largest absolute Gasteiger partial charge is 0.467 e. The fourth-order valence-corrected chi connectivity index (χ4v) is 4.46. The molecule has 1 saturated heterocycles. The van der Waals surface area contributed by atoms with E-state index in [1.807, 2.05) is 36.2 Å². The molecule has 3 atom stereocenters. The minimum Gasteiger partial charge on any atom is -0.467 e. The highest BCUT2D eigenvalue weighted by Gasteiger charge is 2.46. The number of hydrogen-bond acceptors (Lipinski definition) is 5. The van der Waals surface area contributed by atoms with E-state index in [9.17, 15) is 0 Å². The number of nitrogens with zero attached hydrogens (tertiary/aromatic N) is 3. The minimum absolute atomic E-state index is 0.0224. The van der Waals surface area contributed by atoms with Crippen LogP contribution in [0, 0.1) is 0 Å². The number of amidine groups is 1. The Morgan fingerprint density at radius 2 is 2.29 bits per heavy atom. The Labute approximate surface area is 128 Å². The zero-order valence-electron chi connectivity index (χ0n) is 11.8. The summed E-state index contributed by atoms with van der Waals surface area (Å²) >= 11 is 1.85. The van der Waals surface area contributed by atoms with Crippen molar-refractivity contribution >= 4 is 16.9 Å². The first kappa shape index (κ1) is 13.0. The third-order valence-corrected chi connectivity index (χ3v) is 5.29. The molecule has 0 N–H and O–H groups in total. The molecule has 4 nitrogen and oxygen atoms in total. The van der Waals surface area contributed by atoms with Crippen molar-refractivity contribution < 1.29 is 4.42 Å². The maximum absolute atomic E-state index is 5.72. The molecule has 4 rings (SSSR count). The molecule has 0 unspecified atom stereocenters. The Kier molecular flexibility index (Phi) is 3.22. The maximum atomic E-state index is 5.72. The van der Waals surface area contributed by atoms with E-state index in [1.165, 1.54) is 0 Å². The molecule has 21 heavy (non-hydrogen) atoms. The van der Waals surface area contributed by atoms with E-state index in [0.717, 1.165) is 28.8 Å². The molecule has 2 aliphatic rings. The number of fused-ring (bicyclic) bond motifs is 1. The molecule has 4 heterocycles. The van der Waals surface area contributed by atoms with Crippen molar-refractivity contribution in [2.24, 2.45) is 4.99 Å². The standard InChI is InChI=1S/C16H17N3OS/c1-2-11-10-21-16-18-14(12-6-3-4-8-17-12)15(19(11)16)13-7-5-9-20-13/h3-9,11,14-15H,2,10H2,1H3/t11-,14-,15+/m1/s1. The van der Waals surface area contributed by atoms with Gasteiger partial charge in [0.05, 0.1) is 12.0 Å². The summed E-state index contributed by atoms with van der Waals surface area (Å²) in [6.45, 7) is 2.24. The second-order valence-electron chi connectivity index (χ2n) is 5.35. The minimum atomic E-state index is 0.0224. The Hall–Kier alpha value is -1.75. The first-order chi connectivity index (χ1) is 10.4. The van der Waals surface area contributed by atoms with E-state index in [0.29, 0.717) is 6.04 Å². The van der Waals surface area contributed by atoms with Gasteiger partial charge in [-0.15, -0.1) is 0 Å². The van der Waals surface area contributed by atoms with Gasteiger partial charge in [-0.05, 0) is 30.7 Å². The van der Waals surface area contributed by atoms with Crippen LogP contribution < -0.4 is 0 Å². The van der Waals surface area contributed by atoms with Crippen LogP contribution in [0.5, 0.6) is 0 Å². The van der Waals surface area contributed by atoms with Gasteiger partial charge < -0.3 is 9.32 Å². The van der Waals surface area contributed by atoms with Gasteiger partial charge in [0.2, 0.25) is 0 Å². The molecule has 1 fully saturated rings. The fourth-order valence-electron chi connectivity index (χ4n) is 3.12. The highest BCUT2D eigenvalue weighted by Crippen LogP contribution is 2.48. The van der Waals surface area contributed by atoms with E-state index < -0.39 is 0 Å². The predicted molar refractivity (Wildman–Crippen MR) is 84.2 cm³/mol. The van der Waals surface area contributed by atoms with Gasteiger partial charge in [-0.25, -0.2) is 4.99 Å². The van der Waals surface area contributed by atoms with Gasteiger partial charge >= 0.3 is 0 Å². The molecule has 0 spiro atoms. The lowest BCUT2D eigenvalue weighted by Crippen LogP contribution is -2.35. The maximum Gasteiger partial charge on any atom is 0.161 e. The number of furan rings is 1. The number of aromatic nitrogens is 1. The molecule has 2 aromatic heterocycles. The zero-order chi connectivity index (χ0) is 14.2. The monoisotopic (exact) mass is 299 g/mol. The first-order valence-corrected chi connectivity index (χ1v) is 8.30. The molecular formula is C16H17N3OS. The summed E-state index contributed by atoms with van der Waals surface area (Å²) in [5.41, 5.74) is 1.01. The summed E-state index contributed by atoms with van der Waals surface area (Å²) in [5.74, 6) is 2.09. The van der Waals surface area contributed by atoms with Crippen LogP contribution in [0.2, 0.25) is 0 Å². The van der Waals surface area contributed by atoms with Crippen molar-refractivity contribution in [1.29, 1.82) is 0 Å². The molecule has 0 aromatic carbocycles. The van der Waals surface area contributed by atoms with Gasteiger partial charge in [0.15, 0.2) is 5.17 Å². The number of aliphatic imine (C=N–C) groups is 1. The Bertz CT molecular complexity index is 641. The predicted octanol–water partition coefficient (Wildman–Crippen LogP) is 3.65. The summed E-state index contributed by atoms with van der Waals surface area (Å²) in [7, 11) is 0. The number of hydrogen-bond donors (Lipinski definition) is 0. The summed E-state index contributed by atoms with van der Waals surface area (Å²) in [6.07, 6.45) is 4.70. The lowest BCUT2D eigenvalue weighted by molar-refractivity contribution is 0.225. The molecule has 2 aliphatic heterocycles. The number of rotatable bonds is 3. The van der Waals surface area contributed by atoms with Crippen LogP contribution in [0.4, 0.5) is 0 Å². The van der Waals surface area contributed by atoms with E-state index in [2.05, 4.69) is 28.9 Å². The molecule has 0 radical (unpaired) electrons. The quantitative estimate of drug-likeness (QED) is 0.867. The Morgan fingerprint density at radius 1 is 1.33 bits per heavy atom. The van der Waals surface area contributed by atoms with Gasteiger partial charge in [0, 0.05) is 18.0 Å². The normalized spacial score (nSPS) is 27.8. The van der Waals surface area contributed by atoms with Crippen LogP contribution in [-0.4, -0.2) is 26.8 Å². The Morgan fingerprint density at radius 3 is 3.00 bits per heavy atom. The molecule has 0 aliphatic carbocycles. The SMILES string of the molecule is CC[C@@H]1CSC2=N[C@H](c3ccccn3)[C@H](c3ccco3)N21. The van der Waals surface area contributed by atoms with Gasteiger partial charge in [-0.1, -0.05) is 24.8 Å². The van der Waals surface area contributed by atoms with Crippen molar-refractivity contribution in [2.45, 2.75) is 31.5 Å². The first-order valence-electron chi connectivity index (χ1n) is 7.31. The molecule has 0 saturated carbocycles. The average molecular weight is 299 g/mol. The lowest BCUT2D eigenvalue weighted by Gasteiger charge is -2.29.